The highest BCUT2D eigenvalue weighted by atomic mass is 15.2. The fourth-order valence-corrected chi connectivity index (χ4v) is 2.41. The van der Waals surface area contributed by atoms with Crippen molar-refractivity contribution in [1.29, 1.82) is 0 Å². The van der Waals surface area contributed by atoms with E-state index in [0.29, 0.717) is 5.95 Å². The van der Waals surface area contributed by atoms with E-state index in [0.717, 1.165) is 12.8 Å². The molecule has 0 saturated heterocycles. The molecule has 0 radical (unpaired) electrons. The first-order valence-electron chi connectivity index (χ1n) is 6.03. The van der Waals surface area contributed by atoms with Crippen LogP contribution in [0.1, 0.15) is 29.2 Å². The van der Waals surface area contributed by atoms with Crippen LogP contribution in [-0.2, 0) is 6.42 Å². The van der Waals surface area contributed by atoms with Crippen molar-refractivity contribution in [1.82, 2.24) is 15.0 Å². The van der Waals surface area contributed by atoms with Gasteiger partial charge in [-0.3, -0.25) is 0 Å². The highest BCUT2D eigenvalue weighted by Gasteiger charge is 2.22. The number of hydrogen-bond donors (Lipinski definition) is 2. The van der Waals surface area contributed by atoms with Gasteiger partial charge in [-0.1, -0.05) is 23.8 Å². The average molecular weight is 241 g/mol. The quantitative estimate of drug-likeness (QED) is 0.839. The Labute approximate surface area is 105 Å². The zero-order chi connectivity index (χ0) is 12.5. The number of fused-ring (bicyclic) bond motifs is 1. The van der Waals surface area contributed by atoms with Crippen LogP contribution in [0.2, 0.25) is 0 Å². The lowest BCUT2D eigenvalue weighted by Crippen LogP contribution is -2.11. The van der Waals surface area contributed by atoms with Gasteiger partial charge >= 0.3 is 0 Å². The monoisotopic (exact) mass is 241 g/mol. The van der Waals surface area contributed by atoms with Gasteiger partial charge in [0.15, 0.2) is 0 Å². The molecule has 5 nitrogen and oxygen atoms in total. The van der Waals surface area contributed by atoms with Crippen molar-refractivity contribution in [3.63, 3.8) is 0 Å². The second-order valence-electron chi connectivity index (χ2n) is 4.61. The first-order chi connectivity index (χ1) is 8.72. The lowest BCUT2D eigenvalue weighted by atomic mass is 10.1. The van der Waals surface area contributed by atoms with Crippen LogP contribution in [-0.4, -0.2) is 15.0 Å². The molecule has 1 aromatic heterocycles. The summed E-state index contributed by atoms with van der Waals surface area (Å²) in [6.07, 6.45) is 3.58. The molecule has 18 heavy (non-hydrogen) atoms. The zero-order valence-electron chi connectivity index (χ0n) is 10.2. The summed E-state index contributed by atoms with van der Waals surface area (Å²) in [7, 11) is 0. The number of nitrogens with zero attached hydrogens (tertiary/aromatic N) is 3. The van der Waals surface area contributed by atoms with Gasteiger partial charge in [-0.15, -0.1) is 0 Å². The number of rotatable bonds is 2. The van der Waals surface area contributed by atoms with E-state index < -0.39 is 0 Å². The van der Waals surface area contributed by atoms with E-state index >= 15 is 0 Å². The molecule has 1 aromatic carbocycles. The average Bonchev–Trinajstić information content (AvgIpc) is 2.72. The molecule has 2 aromatic rings. The van der Waals surface area contributed by atoms with Crippen LogP contribution in [0.4, 0.5) is 11.9 Å². The van der Waals surface area contributed by atoms with Crippen molar-refractivity contribution in [2.75, 3.05) is 11.1 Å². The van der Waals surface area contributed by atoms with Gasteiger partial charge in [-0.05, 0) is 30.9 Å². The molecular formula is C13H15N5. The van der Waals surface area contributed by atoms with E-state index in [1.54, 1.807) is 0 Å². The smallest absolute Gasteiger partial charge is 0.227 e. The third-order valence-electron chi connectivity index (χ3n) is 3.27. The zero-order valence-corrected chi connectivity index (χ0v) is 10.2. The van der Waals surface area contributed by atoms with Gasteiger partial charge in [0.05, 0.1) is 6.04 Å². The predicted molar refractivity (Wildman–Crippen MR) is 70.1 cm³/mol. The van der Waals surface area contributed by atoms with Gasteiger partial charge in [0.25, 0.3) is 0 Å². The number of benzene rings is 1. The normalized spacial score (nSPS) is 17.5. The molecule has 1 atom stereocenters. The highest BCUT2D eigenvalue weighted by molar-refractivity contribution is 5.43. The Morgan fingerprint density at radius 3 is 3.06 bits per heavy atom. The predicted octanol–water partition coefficient (Wildman–Crippen LogP) is 1.86. The SMILES string of the molecule is Cc1ccc2c(c1)[C@H](Nc1ncnc(N)n1)CC2. The number of aryl methyl sites for hydroxylation is 2. The van der Waals surface area contributed by atoms with Crippen LogP contribution in [0.25, 0.3) is 0 Å². The van der Waals surface area contributed by atoms with E-state index in [-0.39, 0.29) is 12.0 Å². The van der Waals surface area contributed by atoms with Gasteiger partial charge in [-0.25, -0.2) is 9.97 Å². The van der Waals surface area contributed by atoms with Crippen molar-refractivity contribution in [3.8, 4) is 0 Å². The number of nitrogens with two attached hydrogens (primary N) is 1. The summed E-state index contributed by atoms with van der Waals surface area (Å²) >= 11 is 0. The van der Waals surface area contributed by atoms with E-state index in [9.17, 15) is 0 Å². The van der Waals surface area contributed by atoms with E-state index in [1.807, 2.05) is 0 Å². The number of anilines is 2. The standard InChI is InChI=1S/C13H15N5/c1-8-2-3-9-4-5-11(10(9)6-8)17-13-16-7-15-12(14)18-13/h2-3,6-7,11H,4-5H2,1H3,(H3,14,15,16,17,18)/t11-/m1/s1. The molecular weight excluding hydrogens is 226 g/mol. The Bertz CT molecular complexity index is 581. The van der Waals surface area contributed by atoms with Crippen molar-refractivity contribution in [2.45, 2.75) is 25.8 Å². The summed E-state index contributed by atoms with van der Waals surface area (Å²) in [5, 5.41) is 3.32. The van der Waals surface area contributed by atoms with Crippen molar-refractivity contribution >= 4 is 11.9 Å². The molecule has 0 fully saturated rings. The van der Waals surface area contributed by atoms with Gasteiger partial charge in [-0.2, -0.15) is 4.98 Å². The lowest BCUT2D eigenvalue weighted by molar-refractivity contribution is 0.749. The Balaban J connectivity index is 1.86. The second kappa shape index (κ2) is 4.25. The van der Waals surface area contributed by atoms with Crippen LogP contribution < -0.4 is 11.1 Å². The minimum atomic E-state index is 0.245. The molecule has 0 bridgehead atoms. The molecule has 5 heteroatoms. The summed E-state index contributed by atoms with van der Waals surface area (Å²) in [5.41, 5.74) is 9.57. The maximum Gasteiger partial charge on any atom is 0.227 e. The molecule has 1 aliphatic carbocycles. The van der Waals surface area contributed by atoms with Crippen LogP contribution >= 0.6 is 0 Å². The molecule has 0 aliphatic heterocycles. The van der Waals surface area contributed by atoms with Gasteiger partial charge in [0.1, 0.15) is 6.33 Å². The molecule has 0 saturated carbocycles. The minimum absolute atomic E-state index is 0.245. The minimum Gasteiger partial charge on any atom is -0.368 e. The molecule has 1 heterocycles. The first-order valence-corrected chi connectivity index (χ1v) is 6.03. The highest BCUT2D eigenvalue weighted by Crippen LogP contribution is 2.33. The Morgan fingerprint density at radius 1 is 1.33 bits per heavy atom. The number of nitrogen functional groups attached to an aromatic ring is 1. The molecule has 0 amide bonds. The molecule has 0 unspecified atom stereocenters. The number of aromatic nitrogens is 3. The van der Waals surface area contributed by atoms with Gasteiger partial charge in [0, 0.05) is 0 Å². The summed E-state index contributed by atoms with van der Waals surface area (Å²) in [4.78, 5) is 11.9. The number of hydrogen-bond acceptors (Lipinski definition) is 5. The van der Waals surface area contributed by atoms with Gasteiger partial charge < -0.3 is 11.1 Å². The van der Waals surface area contributed by atoms with E-state index in [1.165, 1.54) is 23.0 Å². The Hall–Kier alpha value is -2.17. The lowest BCUT2D eigenvalue weighted by Gasteiger charge is -2.14. The molecule has 1 aliphatic rings. The largest absolute Gasteiger partial charge is 0.368 e. The van der Waals surface area contributed by atoms with Gasteiger partial charge in [0.2, 0.25) is 11.9 Å². The second-order valence-corrected chi connectivity index (χ2v) is 4.61. The van der Waals surface area contributed by atoms with Crippen LogP contribution in [0.15, 0.2) is 24.5 Å². The maximum atomic E-state index is 5.55. The van der Waals surface area contributed by atoms with Crippen molar-refractivity contribution in [2.24, 2.45) is 0 Å². The maximum absolute atomic E-state index is 5.55. The molecule has 3 rings (SSSR count). The third-order valence-corrected chi connectivity index (χ3v) is 3.27. The van der Waals surface area contributed by atoms with Crippen LogP contribution in [0.5, 0.6) is 0 Å². The molecule has 92 valence electrons. The number of nitrogens with one attached hydrogen (secondary N) is 1. The van der Waals surface area contributed by atoms with Crippen LogP contribution in [0.3, 0.4) is 0 Å². The van der Waals surface area contributed by atoms with Crippen LogP contribution in [0, 0.1) is 6.92 Å². The first kappa shape index (κ1) is 11.0. The molecule has 0 spiro atoms. The van der Waals surface area contributed by atoms with E-state index in [4.69, 9.17) is 5.73 Å². The van der Waals surface area contributed by atoms with Crippen molar-refractivity contribution in [3.05, 3.63) is 41.2 Å². The summed E-state index contributed by atoms with van der Waals surface area (Å²) < 4.78 is 0. The van der Waals surface area contributed by atoms with Crippen molar-refractivity contribution < 1.29 is 0 Å². The summed E-state index contributed by atoms with van der Waals surface area (Å²) in [6.45, 7) is 2.11. The molecule has 3 N–H and O–H groups in total. The van der Waals surface area contributed by atoms with E-state index in [2.05, 4.69) is 45.4 Å². The topological polar surface area (TPSA) is 76.7 Å². The Morgan fingerprint density at radius 2 is 2.22 bits per heavy atom. The summed E-state index contributed by atoms with van der Waals surface area (Å²) in [6, 6.07) is 6.85. The fourth-order valence-electron chi connectivity index (χ4n) is 2.41. The fraction of sp³-hybridized carbons (Fsp3) is 0.308. The Kier molecular flexibility index (Phi) is 2.59. The third kappa shape index (κ3) is 1.99. The summed E-state index contributed by atoms with van der Waals surface area (Å²) in [5.74, 6) is 0.789.